The molecule has 0 bridgehead atoms. The van der Waals surface area contributed by atoms with Gasteiger partial charge in [-0.2, -0.15) is 0 Å². The predicted octanol–water partition coefficient (Wildman–Crippen LogP) is 4.05. The smallest absolute Gasteiger partial charge is 0.226 e. The Morgan fingerprint density at radius 2 is 1.87 bits per heavy atom. The van der Waals surface area contributed by atoms with Crippen LogP contribution in [0, 0.1) is 5.82 Å². The van der Waals surface area contributed by atoms with E-state index in [9.17, 15) is 9.18 Å². The summed E-state index contributed by atoms with van der Waals surface area (Å²) in [5.41, 5.74) is 1.38. The van der Waals surface area contributed by atoms with E-state index in [1.54, 1.807) is 12.1 Å². The zero-order valence-corrected chi connectivity index (χ0v) is 13.3. The third-order valence-corrected chi connectivity index (χ3v) is 3.02. The zero-order chi connectivity index (χ0) is 16.7. The second-order valence-corrected chi connectivity index (χ2v) is 5.43. The summed E-state index contributed by atoms with van der Waals surface area (Å²) in [5.74, 6) is 0.280. The van der Waals surface area contributed by atoms with Crippen molar-refractivity contribution in [2.45, 2.75) is 26.4 Å². The summed E-state index contributed by atoms with van der Waals surface area (Å²) in [5, 5.41) is 5.82. The Balaban J connectivity index is 1.75. The Hall–Kier alpha value is -2.56. The molecule has 0 aliphatic heterocycles. The Morgan fingerprint density at radius 3 is 2.52 bits per heavy atom. The van der Waals surface area contributed by atoms with E-state index in [2.05, 4.69) is 10.6 Å². The number of anilines is 2. The van der Waals surface area contributed by atoms with Crippen LogP contribution in [-0.4, -0.2) is 18.6 Å². The molecule has 0 heterocycles. The number of hydrogen-bond donors (Lipinski definition) is 2. The maximum Gasteiger partial charge on any atom is 0.226 e. The molecule has 0 aliphatic rings. The fourth-order valence-corrected chi connectivity index (χ4v) is 2.03. The molecule has 2 N–H and O–H groups in total. The molecule has 23 heavy (non-hydrogen) atoms. The van der Waals surface area contributed by atoms with Gasteiger partial charge in [0, 0.05) is 24.3 Å². The van der Waals surface area contributed by atoms with Crippen LogP contribution in [0.2, 0.25) is 0 Å². The van der Waals surface area contributed by atoms with Crippen LogP contribution in [0.15, 0.2) is 48.5 Å². The van der Waals surface area contributed by atoms with Crippen LogP contribution in [0.3, 0.4) is 0 Å². The van der Waals surface area contributed by atoms with Crippen LogP contribution in [0.5, 0.6) is 5.75 Å². The van der Waals surface area contributed by atoms with Gasteiger partial charge in [0.05, 0.1) is 6.10 Å². The molecule has 0 spiro atoms. The molecular formula is C18H21FN2O2. The van der Waals surface area contributed by atoms with Crippen molar-refractivity contribution in [3.63, 3.8) is 0 Å². The first-order valence-corrected chi connectivity index (χ1v) is 7.59. The number of carbonyl (C=O) groups excluding carboxylic acids is 1. The maximum absolute atomic E-state index is 13.0. The molecule has 1 amide bonds. The highest BCUT2D eigenvalue weighted by Gasteiger charge is 2.03. The number of halogens is 1. The fourth-order valence-electron chi connectivity index (χ4n) is 2.03. The van der Waals surface area contributed by atoms with E-state index < -0.39 is 0 Å². The van der Waals surface area contributed by atoms with E-state index in [0.717, 1.165) is 11.4 Å². The van der Waals surface area contributed by atoms with Gasteiger partial charge in [0.15, 0.2) is 0 Å². The molecule has 2 rings (SSSR count). The first-order valence-electron chi connectivity index (χ1n) is 7.59. The van der Waals surface area contributed by atoms with Crippen molar-refractivity contribution in [2.24, 2.45) is 0 Å². The summed E-state index contributed by atoms with van der Waals surface area (Å²) in [4.78, 5) is 11.8. The first-order chi connectivity index (χ1) is 11.0. The van der Waals surface area contributed by atoms with E-state index in [4.69, 9.17) is 4.74 Å². The summed E-state index contributed by atoms with van der Waals surface area (Å²) in [6.07, 6.45) is 0.432. The first kappa shape index (κ1) is 16.8. The Labute approximate surface area is 135 Å². The minimum atomic E-state index is -0.371. The van der Waals surface area contributed by atoms with Gasteiger partial charge in [-0.3, -0.25) is 4.79 Å². The SMILES string of the molecule is CC(C)Oc1ccc(NCCC(=O)Nc2cccc(F)c2)cc1. The summed E-state index contributed by atoms with van der Waals surface area (Å²) in [6, 6.07) is 13.4. The monoisotopic (exact) mass is 316 g/mol. The second kappa shape index (κ2) is 8.17. The number of nitrogens with one attached hydrogen (secondary N) is 2. The molecule has 0 unspecified atom stereocenters. The van der Waals surface area contributed by atoms with Gasteiger partial charge in [0.25, 0.3) is 0 Å². The average molecular weight is 316 g/mol. The molecule has 2 aromatic carbocycles. The highest BCUT2D eigenvalue weighted by molar-refractivity contribution is 5.90. The van der Waals surface area contributed by atoms with Gasteiger partial charge in [-0.15, -0.1) is 0 Å². The number of hydrogen-bond acceptors (Lipinski definition) is 3. The van der Waals surface area contributed by atoms with E-state index in [1.807, 2.05) is 38.1 Å². The topological polar surface area (TPSA) is 50.4 Å². The summed E-state index contributed by atoms with van der Waals surface area (Å²) < 4.78 is 18.6. The minimum absolute atomic E-state index is 0.139. The van der Waals surface area contributed by atoms with E-state index in [1.165, 1.54) is 12.1 Å². The highest BCUT2D eigenvalue weighted by atomic mass is 19.1. The van der Waals surface area contributed by atoms with Gasteiger partial charge >= 0.3 is 0 Å². The lowest BCUT2D eigenvalue weighted by atomic mass is 10.2. The molecule has 0 aromatic heterocycles. The average Bonchev–Trinajstić information content (AvgIpc) is 2.48. The Bertz CT molecular complexity index is 642. The van der Waals surface area contributed by atoms with Crippen molar-refractivity contribution in [2.75, 3.05) is 17.2 Å². The van der Waals surface area contributed by atoms with Gasteiger partial charge in [-0.05, 0) is 56.3 Å². The van der Waals surface area contributed by atoms with Gasteiger partial charge in [-0.25, -0.2) is 4.39 Å². The number of amides is 1. The Morgan fingerprint density at radius 1 is 1.13 bits per heavy atom. The third kappa shape index (κ3) is 5.98. The molecule has 122 valence electrons. The van der Waals surface area contributed by atoms with Crippen LogP contribution >= 0.6 is 0 Å². The van der Waals surface area contributed by atoms with Gasteiger partial charge in [0.2, 0.25) is 5.91 Å². The Kier molecular flexibility index (Phi) is 5.97. The molecule has 0 saturated carbocycles. The van der Waals surface area contributed by atoms with Crippen molar-refractivity contribution in [3.05, 3.63) is 54.3 Å². The van der Waals surface area contributed by atoms with Crippen molar-refractivity contribution in [3.8, 4) is 5.75 Å². The number of rotatable bonds is 7. The van der Waals surface area contributed by atoms with Crippen molar-refractivity contribution in [1.82, 2.24) is 0 Å². The minimum Gasteiger partial charge on any atom is -0.491 e. The molecule has 5 heteroatoms. The van der Waals surface area contributed by atoms with E-state index in [0.29, 0.717) is 18.7 Å². The third-order valence-electron chi connectivity index (χ3n) is 3.02. The van der Waals surface area contributed by atoms with Crippen LogP contribution in [0.25, 0.3) is 0 Å². The fraction of sp³-hybridized carbons (Fsp3) is 0.278. The zero-order valence-electron chi connectivity index (χ0n) is 13.3. The second-order valence-electron chi connectivity index (χ2n) is 5.43. The normalized spacial score (nSPS) is 10.4. The van der Waals surface area contributed by atoms with Gasteiger partial charge in [0.1, 0.15) is 11.6 Å². The lowest BCUT2D eigenvalue weighted by molar-refractivity contribution is -0.115. The lowest BCUT2D eigenvalue weighted by Gasteiger charge is -2.11. The molecular weight excluding hydrogens is 295 g/mol. The van der Waals surface area contributed by atoms with Crippen molar-refractivity contribution >= 4 is 17.3 Å². The number of ether oxygens (including phenoxy) is 1. The molecule has 2 aromatic rings. The van der Waals surface area contributed by atoms with Crippen LogP contribution in [0.1, 0.15) is 20.3 Å². The van der Waals surface area contributed by atoms with Crippen LogP contribution in [-0.2, 0) is 4.79 Å². The predicted molar refractivity (Wildman–Crippen MR) is 90.3 cm³/mol. The molecule has 0 saturated heterocycles. The standard InChI is InChI=1S/C18H21FN2O2/c1-13(2)23-17-8-6-15(7-9-17)20-11-10-18(22)21-16-5-3-4-14(19)12-16/h3-9,12-13,20H,10-11H2,1-2H3,(H,21,22). The van der Waals surface area contributed by atoms with Crippen LogP contribution < -0.4 is 15.4 Å². The molecule has 0 aliphatic carbocycles. The quantitative estimate of drug-likeness (QED) is 0.810. The number of benzene rings is 2. The molecule has 0 radical (unpaired) electrons. The van der Waals surface area contributed by atoms with Crippen LogP contribution in [0.4, 0.5) is 15.8 Å². The maximum atomic E-state index is 13.0. The lowest BCUT2D eigenvalue weighted by Crippen LogP contribution is -2.16. The van der Waals surface area contributed by atoms with Crippen molar-refractivity contribution in [1.29, 1.82) is 0 Å². The highest BCUT2D eigenvalue weighted by Crippen LogP contribution is 2.17. The summed E-state index contributed by atoms with van der Waals surface area (Å²) in [6.45, 7) is 4.44. The largest absolute Gasteiger partial charge is 0.491 e. The van der Waals surface area contributed by atoms with Crippen molar-refractivity contribution < 1.29 is 13.9 Å². The molecule has 0 fully saturated rings. The molecule has 4 nitrogen and oxygen atoms in total. The van der Waals surface area contributed by atoms with E-state index >= 15 is 0 Å². The van der Waals surface area contributed by atoms with E-state index in [-0.39, 0.29) is 17.8 Å². The molecule has 0 atom stereocenters. The van der Waals surface area contributed by atoms with Gasteiger partial charge in [-0.1, -0.05) is 6.07 Å². The van der Waals surface area contributed by atoms with Gasteiger partial charge < -0.3 is 15.4 Å². The summed E-state index contributed by atoms with van der Waals surface area (Å²) >= 11 is 0. The summed E-state index contributed by atoms with van der Waals surface area (Å²) in [7, 11) is 0. The number of carbonyl (C=O) groups is 1.